The Kier molecular flexibility index (Phi) is 3.91. The van der Waals surface area contributed by atoms with Gasteiger partial charge in [0.1, 0.15) is 0 Å². The first-order valence-corrected chi connectivity index (χ1v) is 5.21. The third-order valence-electron chi connectivity index (χ3n) is 1.79. The number of hydrogen-bond donors (Lipinski definition) is 1. The number of hydrogen-bond acceptors (Lipinski definition) is 2. The van der Waals surface area contributed by atoms with Gasteiger partial charge < -0.3 is 10.2 Å². The number of rotatable bonds is 3. The molecule has 1 aliphatic rings. The van der Waals surface area contributed by atoms with Gasteiger partial charge in [-0.2, -0.15) is 13.2 Å². The van der Waals surface area contributed by atoms with Crippen LogP contribution in [0.5, 0.6) is 0 Å². The van der Waals surface area contributed by atoms with E-state index in [1.54, 1.807) is 4.90 Å². The van der Waals surface area contributed by atoms with E-state index in [-0.39, 0.29) is 30.1 Å². The van der Waals surface area contributed by atoms with E-state index >= 15 is 0 Å². The highest BCUT2D eigenvalue weighted by Crippen LogP contribution is 2.29. The van der Waals surface area contributed by atoms with Crippen LogP contribution in [0, 0.1) is 0 Å². The molecule has 0 unspecified atom stereocenters. The highest BCUT2D eigenvalue weighted by atomic mass is 32.2. The predicted molar refractivity (Wildman–Crippen MR) is 48.1 cm³/mol. The molecular weight excluding hydrogens is 217 g/mol. The molecule has 7 heteroatoms. The van der Waals surface area contributed by atoms with Crippen molar-refractivity contribution in [3.05, 3.63) is 0 Å². The SMILES string of the molecule is O=C(NCCSC(F)(F)F)N1CCC1. The lowest BCUT2D eigenvalue weighted by Gasteiger charge is -2.30. The molecule has 0 radical (unpaired) electrons. The number of thioether (sulfide) groups is 1. The van der Waals surface area contributed by atoms with Gasteiger partial charge in [-0.25, -0.2) is 4.79 Å². The maximum atomic E-state index is 11.7. The molecule has 1 rings (SSSR count). The molecule has 0 aromatic heterocycles. The van der Waals surface area contributed by atoms with Gasteiger partial charge in [-0.3, -0.25) is 0 Å². The summed E-state index contributed by atoms with van der Waals surface area (Å²) in [6, 6.07) is -0.265. The van der Waals surface area contributed by atoms with Crippen LogP contribution in [-0.4, -0.2) is 41.8 Å². The van der Waals surface area contributed by atoms with Crippen molar-refractivity contribution in [2.24, 2.45) is 0 Å². The summed E-state index contributed by atoms with van der Waals surface area (Å²) in [4.78, 5) is 12.6. The van der Waals surface area contributed by atoms with E-state index in [2.05, 4.69) is 5.32 Å². The van der Waals surface area contributed by atoms with E-state index in [0.717, 1.165) is 6.42 Å². The van der Waals surface area contributed by atoms with Gasteiger partial charge in [0.2, 0.25) is 0 Å². The van der Waals surface area contributed by atoms with Gasteiger partial charge in [-0.1, -0.05) is 0 Å². The number of carbonyl (C=O) groups excluding carboxylic acids is 1. The average molecular weight is 228 g/mol. The van der Waals surface area contributed by atoms with E-state index in [0.29, 0.717) is 13.1 Å². The molecule has 0 saturated carbocycles. The van der Waals surface area contributed by atoms with Crippen LogP contribution in [0.2, 0.25) is 0 Å². The largest absolute Gasteiger partial charge is 0.441 e. The number of halogens is 3. The van der Waals surface area contributed by atoms with Crippen molar-refractivity contribution in [2.45, 2.75) is 11.9 Å². The van der Waals surface area contributed by atoms with Crippen LogP contribution in [0.15, 0.2) is 0 Å². The van der Waals surface area contributed by atoms with Crippen LogP contribution in [0.4, 0.5) is 18.0 Å². The fourth-order valence-corrected chi connectivity index (χ4v) is 1.39. The minimum Gasteiger partial charge on any atom is -0.337 e. The van der Waals surface area contributed by atoms with Gasteiger partial charge in [0.05, 0.1) is 0 Å². The van der Waals surface area contributed by atoms with Crippen LogP contribution in [0.3, 0.4) is 0 Å². The van der Waals surface area contributed by atoms with Crippen molar-refractivity contribution < 1.29 is 18.0 Å². The van der Waals surface area contributed by atoms with E-state index in [9.17, 15) is 18.0 Å². The summed E-state index contributed by atoms with van der Waals surface area (Å²) in [6.45, 7) is 1.47. The summed E-state index contributed by atoms with van der Waals surface area (Å²) in [5.41, 5.74) is -4.21. The molecule has 0 spiro atoms. The Morgan fingerprint density at radius 2 is 2.07 bits per heavy atom. The van der Waals surface area contributed by atoms with Crippen molar-refractivity contribution >= 4 is 17.8 Å². The third kappa shape index (κ3) is 4.08. The van der Waals surface area contributed by atoms with Crippen molar-refractivity contribution in [1.82, 2.24) is 10.2 Å². The topological polar surface area (TPSA) is 32.3 Å². The van der Waals surface area contributed by atoms with Crippen molar-refractivity contribution in [3.8, 4) is 0 Å². The van der Waals surface area contributed by atoms with E-state index < -0.39 is 5.51 Å². The first kappa shape index (κ1) is 11.5. The molecule has 1 N–H and O–H groups in total. The van der Waals surface area contributed by atoms with Crippen molar-refractivity contribution in [1.29, 1.82) is 0 Å². The van der Waals surface area contributed by atoms with Crippen LogP contribution in [0.25, 0.3) is 0 Å². The molecule has 3 nitrogen and oxygen atoms in total. The van der Waals surface area contributed by atoms with Gasteiger partial charge in [0.25, 0.3) is 0 Å². The molecule has 0 aromatic carbocycles. The number of alkyl halides is 3. The maximum absolute atomic E-state index is 11.7. The molecular formula is C7H11F3N2OS. The zero-order chi connectivity index (χ0) is 10.6. The number of amides is 2. The normalized spacial score (nSPS) is 16.4. The Morgan fingerprint density at radius 1 is 1.43 bits per heavy atom. The average Bonchev–Trinajstić information content (AvgIpc) is 1.92. The lowest BCUT2D eigenvalue weighted by molar-refractivity contribution is -0.0327. The number of nitrogens with one attached hydrogen (secondary N) is 1. The molecule has 14 heavy (non-hydrogen) atoms. The molecule has 1 aliphatic heterocycles. The molecule has 2 amide bonds. The molecule has 1 saturated heterocycles. The molecule has 0 aliphatic carbocycles. The molecule has 0 aromatic rings. The third-order valence-corrected chi connectivity index (χ3v) is 2.52. The van der Waals surface area contributed by atoms with Crippen molar-refractivity contribution in [3.63, 3.8) is 0 Å². The monoisotopic (exact) mass is 228 g/mol. The van der Waals surface area contributed by atoms with Gasteiger partial charge in [0, 0.05) is 25.4 Å². The first-order valence-electron chi connectivity index (χ1n) is 4.22. The smallest absolute Gasteiger partial charge is 0.337 e. The number of urea groups is 1. The standard InChI is InChI=1S/C7H11F3N2OS/c8-7(9,10)14-5-2-11-6(13)12-3-1-4-12/h1-5H2,(H,11,13). The Balaban J connectivity index is 2.00. The van der Waals surface area contributed by atoms with E-state index in [1.807, 2.05) is 0 Å². The lowest BCUT2D eigenvalue weighted by Crippen LogP contribution is -2.48. The molecule has 1 heterocycles. The highest BCUT2D eigenvalue weighted by molar-refractivity contribution is 8.00. The molecule has 0 bridgehead atoms. The molecule has 1 fully saturated rings. The number of carbonyl (C=O) groups is 1. The second kappa shape index (κ2) is 4.77. The van der Waals surface area contributed by atoms with Gasteiger partial charge >= 0.3 is 11.5 Å². The Bertz CT molecular complexity index is 206. The predicted octanol–water partition coefficient (Wildman–Crippen LogP) is 1.65. The molecule has 82 valence electrons. The number of likely N-dealkylation sites (tertiary alicyclic amines) is 1. The zero-order valence-corrected chi connectivity index (χ0v) is 8.25. The van der Waals surface area contributed by atoms with E-state index in [4.69, 9.17) is 0 Å². The summed E-state index contributed by atoms with van der Waals surface area (Å²) >= 11 is -0.120. The fourth-order valence-electron chi connectivity index (χ4n) is 0.956. The van der Waals surface area contributed by atoms with Crippen LogP contribution < -0.4 is 5.32 Å². The summed E-state index contributed by atoms with van der Waals surface area (Å²) in [7, 11) is 0. The minimum atomic E-state index is -4.21. The highest BCUT2D eigenvalue weighted by Gasteiger charge is 2.27. The second-order valence-corrected chi connectivity index (χ2v) is 4.03. The van der Waals surface area contributed by atoms with Crippen LogP contribution in [0.1, 0.15) is 6.42 Å². The maximum Gasteiger partial charge on any atom is 0.441 e. The summed E-state index contributed by atoms with van der Waals surface area (Å²) in [5, 5.41) is 2.42. The van der Waals surface area contributed by atoms with Crippen molar-refractivity contribution in [2.75, 3.05) is 25.4 Å². The Morgan fingerprint density at radius 3 is 2.50 bits per heavy atom. The molecule has 0 atom stereocenters. The van der Waals surface area contributed by atoms with Crippen LogP contribution in [-0.2, 0) is 0 Å². The quantitative estimate of drug-likeness (QED) is 0.745. The summed E-state index contributed by atoms with van der Waals surface area (Å²) in [6.07, 6.45) is 0.977. The lowest BCUT2D eigenvalue weighted by atomic mass is 10.2. The van der Waals surface area contributed by atoms with Gasteiger partial charge in [0.15, 0.2) is 0 Å². The summed E-state index contributed by atoms with van der Waals surface area (Å²) < 4.78 is 35.0. The van der Waals surface area contributed by atoms with E-state index in [1.165, 1.54) is 0 Å². The minimum absolute atomic E-state index is 0.0551. The number of nitrogens with zero attached hydrogens (tertiary/aromatic N) is 1. The fraction of sp³-hybridized carbons (Fsp3) is 0.857. The van der Waals surface area contributed by atoms with Gasteiger partial charge in [-0.15, -0.1) is 0 Å². The second-order valence-electron chi connectivity index (χ2n) is 2.87. The zero-order valence-electron chi connectivity index (χ0n) is 7.43. The van der Waals surface area contributed by atoms with Crippen LogP contribution >= 0.6 is 11.8 Å². The Labute approximate surface area is 84.0 Å². The first-order chi connectivity index (χ1) is 6.49. The Hall–Kier alpha value is -0.590. The van der Waals surface area contributed by atoms with Gasteiger partial charge in [-0.05, 0) is 18.2 Å². The summed E-state index contributed by atoms with van der Waals surface area (Å²) in [5.74, 6) is -0.136.